The van der Waals surface area contributed by atoms with Crippen molar-refractivity contribution in [1.82, 2.24) is 9.55 Å². The van der Waals surface area contributed by atoms with Crippen LogP contribution in [0.15, 0.2) is 131 Å². The minimum atomic E-state index is -0.124. The Morgan fingerprint density at radius 3 is 2.33 bits per heavy atom. The maximum absolute atomic E-state index is 13.0. The first-order chi connectivity index (χ1) is 21.0. The second-order valence-corrected chi connectivity index (χ2v) is 12.0. The van der Waals surface area contributed by atoms with Crippen LogP contribution in [0.5, 0.6) is 0 Å². The summed E-state index contributed by atoms with van der Waals surface area (Å²) < 4.78 is 8.48. The molecule has 43 heavy (non-hydrogen) atoms. The van der Waals surface area contributed by atoms with E-state index in [2.05, 4.69) is 90.1 Å². The van der Waals surface area contributed by atoms with Gasteiger partial charge in [0.1, 0.15) is 11.2 Å². The van der Waals surface area contributed by atoms with E-state index in [-0.39, 0.29) is 10.8 Å². The van der Waals surface area contributed by atoms with Crippen LogP contribution in [0.4, 0.5) is 0 Å². The van der Waals surface area contributed by atoms with E-state index in [1.54, 1.807) is 0 Å². The Labute approximate surface area is 247 Å². The summed E-state index contributed by atoms with van der Waals surface area (Å²) in [6.07, 6.45) is 3.88. The smallest absolute Gasteiger partial charge is 0.200 e. The molecular formula is C39H26N2O2. The molecule has 0 amide bonds. The number of para-hydroxylation sites is 1. The van der Waals surface area contributed by atoms with E-state index in [0.717, 1.165) is 27.7 Å². The van der Waals surface area contributed by atoms with Crippen LogP contribution in [0.3, 0.4) is 0 Å². The fourth-order valence-corrected chi connectivity index (χ4v) is 7.29. The predicted octanol–water partition coefficient (Wildman–Crippen LogP) is 9.41. The summed E-state index contributed by atoms with van der Waals surface area (Å²) in [5.41, 5.74) is 11.9. The Balaban J connectivity index is 1.21. The monoisotopic (exact) mass is 554 g/mol. The number of hydrogen-bond acceptors (Lipinski definition) is 3. The number of pyridine rings is 1. The van der Waals surface area contributed by atoms with Crippen molar-refractivity contribution in [1.29, 1.82) is 0 Å². The largest absolute Gasteiger partial charge is 0.456 e. The molecule has 4 heteroatoms. The van der Waals surface area contributed by atoms with Crippen LogP contribution in [0.25, 0.3) is 71.7 Å². The summed E-state index contributed by atoms with van der Waals surface area (Å²) in [5, 5.41) is 3.63. The maximum Gasteiger partial charge on any atom is 0.200 e. The van der Waals surface area contributed by atoms with Crippen LogP contribution < -0.4 is 5.43 Å². The zero-order chi connectivity index (χ0) is 28.9. The van der Waals surface area contributed by atoms with Crippen molar-refractivity contribution < 1.29 is 4.42 Å². The average molecular weight is 555 g/mol. The standard InChI is InChI=1S/C39H26N2O2/c1-39(2)31-9-5-3-7-26(31)27-17-18-33-36(37(27)39)30-22-40-20-19-32(30)41(33)25-14-11-23(12-15-25)24-13-16-29-35(21-24)43-34-10-6-4-8-28(34)38(29)42/h3-22H,1-2H3. The molecule has 3 aromatic heterocycles. The van der Waals surface area contributed by atoms with Crippen LogP contribution in [-0.4, -0.2) is 9.55 Å². The van der Waals surface area contributed by atoms with Crippen molar-refractivity contribution in [2.24, 2.45) is 0 Å². The molecule has 0 saturated heterocycles. The van der Waals surface area contributed by atoms with Gasteiger partial charge in [-0.2, -0.15) is 0 Å². The molecule has 0 bridgehead atoms. The van der Waals surface area contributed by atoms with E-state index in [1.165, 1.54) is 33.2 Å². The van der Waals surface area contributed by atoms with E-state index >= 15 is 0 Å². The van der Waals surface area contributed by atoms with E-state index in [0.29, 0.717) is 21.9 Å². The van der Waals surface area contributed by atoms with Crippen molar-refractivity contribution in [3.8, 4) is 27.9 Å². The van der Waals surface area contributed by atoms with Gasteiger partial charge in [0.15, 0.2) is 0 Å². The molecule has 5 aromatic carbocycles. The molecule has 0 saturated carbocycles. The summed E-state index contributed by atoms with van der Waals surface area (Å²) in [4.78, 5) is 17.6. The molecular weight excluding hydrogens is 528 g/mol. The van der Waals surface area contributed by atoms with E-state index in [4.69, 9.17) is 4.42 Å². The van der Waals surface area contributed by atoms with Gasteiger partial charge in [0.2, 0.25) is 5.43 Å². The average Bonchev–Trinajstić information content (AvgIpc) is 3.50. The highest BCUT2D eigenvalue weighted by Crippen LogP contribution is 2.53. The highest BCUT2D eigenvalue weighted by Gasteiger charge is 2.38. The number of aromatic nitrogens is 2. The maximum atomic E-state index is 13.0. The third kappa shape index (κ3) is 3.26. The molecule has 0 atom stereocenters. The van der Waals surface area contributed by atoms with Crippen molar-refractivity contribution in [3.63, 3.8) is 0 Å². The second kappa shape index (κ2) is 8.52. The normalized spacial score (nSPS) is 13.6. The number of rotatable bonds is 2. The van der Waals surface area contributed by atoms with Gasteiger partial charge in [-0.25, -0.2) is 0 Å². The van der Waals surface area contributed by atoms with E-state index < -0.39 is 0 Å². The minimum Gasteiger partial charge on any atom is -0.456 e. The van der Waals surface area contributed by atoms with Gasteiger partial charge in [0, 0.05) is 34.3 Å². The number of benzene rings is 5. The summed E-state index contributed by atoms with van der Waals surface area (Å²) in [5.74, 6) is 0. The first kappa shape index (κ1) is 24.2. The quantitative estimate of drug-likeness (QED) is 0.200. The summed E-state index contributed by atoms with van der Waals surface area (Å²) in [6, 6.07) is 37.3. The predicted molar refractivity (Wildman–Crippen MR) is 175 cm³/mol. The van der Waals surface area contributed by atoms with Crippen LogP contribution >= 0.6 is 0 Å². The van der Waals surface area contributed by atoms with E-state index in [9.17, 15) is 4.79 Å². The third-order valence-corrected chi connectivity index (χ3v) is 9.28. The van der Waals surface area contributed by atoms with Gasteiger partial charge in [-0.15, -0.1) is 0 Å². The third-order valence-electron chi connectivity index (χ3n) is 9.28. The zero-order valence-corrected chi connectivity index (χ0v) is 23.8. The molecule has 0 unspecified atom stereocenters. The molecule has 1 aliphatic rings. The van der Waals surface area contributed by atoms with Gasteiger partial charge in [-0.3, -0.25) is 9.78 Å². The Bertz CT molecular complexity index is 2500. The topological polar surface area (TPSA) is 48.0 Å². The summed E-state index contributed by atoms with van der Waals surface area (Å²) >= 11 is 0. The summed E-state index contributed by atoms with van der Waals surface area (Å²) in [7, 11) is 0. The molecule has 9 rings (SSSR count). The van der Waals surface area contributed by atoms with Crippen LogP contribution in [0, 0.1) is 0 Å². The first-order valence-electron chi connectivity index (χ1n) is 14.6. The van der Waals surface area contributed by atoms with Crippen molar-refractivity contribution in [2.75, 3.05) is 0 Å². The molecule has 0 spiro atoms. The zero-order valence-electron chi connectivity index (χ0n) is 23.8. The molecule has 0 radical (unpaired) electrons. The number of nitrogens with zero attached hydrogens (tertiary/aromatic N) is 2. The lowest BCUT2D eigenvalue weighted by Gasteiger charge is -2.22. The highest BCUT2D eigenvalue weighted by molar-refractivity contribution is 6.14. The molecule has 204 valence electrons. The van der Waals surface area contributed by atoms with Gasteiger partial charge in [-0.05, 0) is 81.9 Å². The lowest BCUT2D eigenvalue weighted by Crippen LogP contribution is -2.15. The number of hydrogen-bond donors (Lipinski definition) is 0. The first-order valence-corrected chi connectivity index (χ1v) is 14.6. The van der Waals surface area contributed by atoms with Crippen molar-refractivity contribution in [3.05, 3.63) is 143 Å². The Morgan fingerprint density at radius 2 is 1.44 bits per heavy atom. The molecule has 3 heterocycles. The molecule has 0 aliphatic heterocycles. The van der Waals surface area contributed by atoms with Crippen molar-refractivity contribution >= 4 is 43.7 Å². The fraction of sp³-hybridized carbons (Fsp3) is 0.0769. The molecule has 4 nitrogen and oxygen atoms in total. The SMILES string of the molecule is CC1(C)c2ccccc2-c2ccc3c(c21)c1cnccc1n3-c1ccc(-c2ccc3c(=O)c4ccccc4oc3c2)cc1. The van der Waals surface area contributed by atoms with Crippen LogP contribution in [0.2, 0.25) is 0 Å². The van der Waals surface area contributed by atoms with Gasteiger partial charge in [-0.1, -0.05) is 74.5 Å². The van der Waals surface area contributed by atoms with E-state index in [1.807, 2.05) is 54.9 Å². The van der Waals surface area contributed by atoms with Gasteiger partial charge in [0.25, 0.3) is 0 Å². The lowest BCUT2D eigenvalue weighted by molar-refractivity contribution is 0.660. The lowest BCUT2D eigenvalue weighted by atomic mass is 9.80. The number of fused-ring (bicyclic) bond motifs is 9. The Morgan fingerprint density at radius 1 is 0.674 bits per heavy atom. The van der Waals surface area contributed by atoms with Crippen LogP contribution in [0.1, 0.15) is 25.0 Å². The highest BCUT2D eigenvalue weighted by atomic mass is 16.3. The molecule has 8 aromatic rings. The van der Waals surface area contributed by atoms with Gasteiger partial charge in [0.05, 0.1) is 21.8 Å². The van der Waals surface area contributed by atoms with Gasteiger partial charge < -0.3 is 8.98 Å². The fourth-order valence-electron chi connectivity index (χ4n) is 7.29. The molecule has 0 fully saturated rings. The second-order valence-electron chi connectivity index (χ2n) is 12.0. The summed E-state index contributed by atoms with van der Waals surface area (Å²) in [6.45, 7) is 4.67. The van der Waals surface area contributed by atoms with Crippen LogP contribution in [-0.2, 0) is 5.41 Å². The Kier molecular flexibility index (Phi) is 4.79. The minimum absolute atomic E-state index is 0.00244. The molecule has 1 aliphatic carbocycles. The van der Waals surface area contributed by atoms with Crippen molar-refractivity contribution in [2.45, 2.75) is 19.3 Å². The Hall–Kier alpha value is -5.48. The van der Waals surface area contributed by atoms with Gasteiger partial charge >= 0.3 is 0 Å². The molecule has 0 N–H and O–H groups in total.